The summed E-state index contributed by atoms with van der Waals surface area (Å²) in [4.78, 5) is 41.2. The second-order valence-electron chi connectivity index (χ2n) is 6.15. The van der Waals surface area contributed by atoms with Crippen LogP contribution in [-0.2, 0) is 4.79 Å². The molecule has 11 heteroatoms. The number of anilines is 2. The molecule has 0 radical (unpaired) electrons. The third kappa shape index (κ3) is 5.54. The Kier molecular flexibility index (Phi) is 7.29. The van der Waals surface area contributed by atoms with E-state index < -0.39 is 17.5 Å². The Morgan fingerprint density at radius 2 is 1.83 bits per heavy atom. The van der Waals surface area contributed by atoms with Gasteiger partial charge >= 0.3 is 0 Å². The minimum Gasteiger partial charge on any atom is -0.392 e. The number of nitrogens with zero attached hydrogens (tertiary/aromatic N) is 4. The third-order valence-electron chi connectivity index (χ3n) is 3.64. The molecule has 0 aliphatic rings. The Labute approximate surface area is 168 Å². The van der Waals surface area contributed by atoms with Crippen LogP contribution in [0.4, 0.5) is 11.4 Å². The number of aromatic nitrogens is 4. The topological polar surface area (TPSA) is 158 Å². The molecule has 0 unspecified atom stereocenters. The summed E-state index contributed by atoms with van der Waals surface area (Å²) < 4.78 is 0. The summed E-state index contributed by atoms with van der Waals surface area (Å²) in [6.07, 6.45) is 7.31. The Morgan fingerprint density at radius 1 is 1.14 bits per heavy atom. The SMILES string of the molecule is CN/C=C(/NC(=O)c1nc(C(C)C)ncc1Nc1cncnc1)C(=N)C(=O)NC. The van der Waals surface area contributed by atoms with E-state index in [0.29, 0.717) is 17.2 Å². The first-order valence-corrected chi connectivity index (χ1v) is 8.76. The van der Waals surface area contributed by atoms with E-state index in [-0.39, 0.29) is 17.3 Å². The summed E-state index contributed by atoms with van der Waals surface area (Å²) >= 11 is 0. The van der Waals surface area contributed by atoms with E-state index in [0.717, 1.165) is 0 Å². The molecule has 2 aromatic heterocycles. The van der Waals surface area contributed by atoms with Crippen LogP contribution in [0.25, 0.3) is 0 Å². The third-order valence-corrected chi connectivity index (χ3v) is 3.64. The van der Waals surface area contributed by atoms with Crippen molar-refractivity contribution in [1.82, 2.24) is 35.9 Å². The van der Waals surface area contributed by atoms with E-state index in [4.69, 9.17) is 5.41 Å². The second kappa shape index (κ2) is 9.88. The van der Waals surface area contributed by atoms with Crippen LogP contribution < -0.4 is 21.3 Å². The van der Waals surface area contributed by atoms with Gasteiger partial charge in [0, 0.05) is 26.2 Å². The molecule has 0 aromatic carbocycles. The van der Waals surface area contributed by atoms with Crippen LogP contribution in [-0.4, -0.2) is 51.6 Å². The number of hydrogen-bond acceptors (Lipinski definition) is 9. The Morgan fingerprint density at radius 3 is 2.41 bits per heavy atom. The van der Waals surface area contributed by atoms with Crippen molar-refractivity contribution in [1.29, 1.82) is 5.41 Å². The fraction of sp³-hybridized carbons (Fsp3) is 0.278. The van der Waals surface area contributed by atoms with E-state index in [1.54, 1.807) is 19.4 Å². The number of hydrogen-bond donors (Lipinski definition) is 5. The van der Waals surface area contributed by atoms with Gasteiger partial charge in [-0.3, -0.25) is 15.0 Å². The summed E-state index contributed by atoms with van der Waals surface area (Å²) in [6.45, 7) is 3.81. The Bertz CT molecular complexity index is 926. The largest absolute Gasteiger partial charge is 0.392 e. The number of amides is 2. The van der Waals surface area contributed by atoms with Crippen molar-refractivity contribution in [3.05, 3.63) is 48.3 Å². The predicted octanol–water partition coefficient (Wildman–Crippen LogP) is 0.690. The molecule has 0 saturated heterocycles. The molecule has 0 fully saturated rings. The zero-order chi connectivity index (χ0) is 21.4. The van der Waals surface area contributed by atoms with Gasteiger partial charge in [0.2, 0.25) is 0 Å². The maximum atomic E-state index is 13.0. The average Bonchev–Trinajstić information content (AvgIpc) is 2.73. The van der Waals surface area contributed by atoms with Crippen molar-refractivity contribution in [2.75, 3.05) is 19.4 Å². The summed E-state index contributed by atoms with van der Waals surface area (Å²) in [5.74, 6) is -0.779. The first-order chi connectivity index (χ1) is 13.9. The van der Waals surface area contributed by atoms with Crippen LogP contribution in [0.2, 0.25) is 0 Å². The van der Waals surface area contributed by atoms with Crippen molar-refractivity contribution in [3.8, 4) is 0 Å². The van der Waals surface area contributed by atoms with Crippen molar-refractivity contribution < 1.29 is 9.59 Å². The molecule has 29 heavy (non-hydrogen) atoms. The molecule has 2 rings (SSSR count). The van der Waals surface area contributed by atoms with E-state index in [9.17, 15) is 9.59 Å². The molecule has 0 aliphatic heterocycles. The Hall–Kier alpha value is -3.89. The fourth-order valence-corrected chi connectivity index (χ4v) is 2.20. The molecule has 0 spiro atoms. The highest BCUT2D eigenvalue weighted by Crippen LogP contribution is 2.20. The van der Waals surface area contributed by atoms with Gasteiger partial charge in [-0.25, -0.2) is 19.9 Å². The van der Waals surface area contributed by atoms with Gasteiger partial charge in [0.1, 0.15) is 17.9 Å². The van der Waals surface area contributed by atoms with Crippen molar-refractivity contribution in [2.24, 2.45) is 0 Å². The van der Waals surface area contributed by atoms with E-state index in [2.05, 4.69) is 41.2 Å². The monoisotopic (exact) mass is 397 g/mol. The van der Waals surface area contributed by atoms with Crippen LogP contribution in [0.15, 0.2) is 36.8 Å². The summed E-state index contributed by atoms with van der Waals surface area (Å²) in [5.41, 5.74) is 0.526. The summed E-state index contributed by atoms with van der Waals surface area (Å²) in [7, 11) is 2.99. The van der Waals surface area contributed by atoms with E-state index in [1.165, 1.54) is 25.8 Å². The predicted molar refractivity (Wildman–Crippen MR) is 108 cm³/mol. The van der Waals surface area contributed by atoms with Gasteiger partial charge in [-0.1, -0.05) is 13.8 Å². The zero-order valence-corrected chi connectivity index (χ0v) is 16.6. The fourth-order valence-electron chi connectivity index (χ4n) is 2.20. The lowest BCUT2D eigenvalue weighted by Gasteiger charge is -2.15. The number of nitrogens with one attached hydrogen (secondary N) is 5. The van der Waals surface area contributed by atoms with Crippen molar-refractivity contribution >= 4 is 28.9 Å². The van der Waals surface area contributed by atoms with E-state index >= 15 is 0 Å². The highest BCUT2D eigenvalue weighted by molar-refractivity contribution is 6.44. The lowest BCUT2D eigenvalue weighted by atomic mass is 10.2. The molecular weight excluding hydrogens is 374 g/mol. The van der Waals surface area contributed by atoms with Gasteiger partial charge in [0.25, 0.3) is 11.8 Å². The van der Waals surface area contributed by atoms with Gasteiger partial charge in [0.05, 0.1) is 35.7 Å². The minimum atomic E-state index is -0.642. The average molecular weight is 397 g/mol. The molecule has 5 N–H and O–H groups in total. The second-order valence-corrected chi connectivity index (χ2v) is 6.15. The van der Waals surface area contributed by atoms with Crippen LogP contribution in [0.1, 0.15) is 36.1 Å². The van der Waals surface area contributed by atoms with Gasteiger partial charge in [-0.15, -0.1) is 0 Å². The smallest absolute Gasteiger partial charge is 0.276 e. The molecule has 0 aliphatic carbocycles. The maximum absolute atomic E-state index is 13.0. The molecule has 2 heterocycles. The van der Waals surface area contributed by atoms with Gasteiger partial charge in [-0.05, 0) is 0 Å². The Balaban J connectivity index is 2.39. The van der Waals surface area contributed by atoms with Crippen molar-refractivity contribution in [3.63, 3.8) is 0 Å². The number of rotatable bonds is 8. The zero-order valence-electron chi connectivity index (χ0n) is 16.6. The highest BCUT2D eigenvalue weighted by atomic mass is 16.2. The van der Waals surface area contributed by atoms with E-state index in [1.807, 2.05) is 13.8 Å². The standard InChI is InChI=1S/C18H23N9O2/c1-10(2)16-24-8-13(25-11-5-22-9-23-6-11)15(27-16)18(29)26-12(7-20-3)14(19)17(28)21-4/h5-10,19-20,25H,1-4H3,(H,21,28)(H,26,29)/b12-7+,19-14?. The van der Waals surface area contributed by atoms with Crippen LogP contribution in [0.5, 0.6) is 0 Å². The minimum absolute atomic E-state index is 0.00412. The molecule has 11 nitrogen and oxygen atoms in total. The van der Waals surface area contributed by atoms with Crippen LogP contribution >= 0.6 is 0 Å². The quantitative estimate of drug-likeness (QED) is 0.407. The molecule has 0 bridgehead atoms. The number of carbonyl (C=O) groups is 2. The van der Waals surface area contributed by atoms with Crippen LogP contribution in [0.3, 0.4) is 0 Å². The highest BCUT2D eigenvalue weighted by Gasteiger charge is 2.21. The van der Waals surface area contributed by atoms with Crippen molar-refractivity contribution in [2.45, 2.75) is 19.8 Å². The normalized spacial score (nSPS) is 11.0. The molecule has 2 amide bonds. The number of carbonyl (C=O) groups excluding carboxylic acids is 2. The molecule has 152 valence electrons. The van der Waals surface area contributed by atoms with Gasteiger partial charge in [-0.2, -0.15) is 0 Å². The molecule has 2 aromatic rings. The lowest BCUT2D eigenvalue weighted by Crippen LogP contribution is -2.37. The van der Waals surface area contributed by atoms with Crippen LogP contribution in [0, 0.1) is 5.41 Å². The van der Waals surface area contributed by atoms with Gasteiger partial charge in [0.15, 0.2) is 5.69 Å². The maximum Gasteiger partial charge on any atom is 0.276 e. The lowest BCUT2D eigenvalue weighted by molar-refractivity contribution is -0.114. The summed E-state index contributed by atoms with van der Waals surface area (Å²) in [5, 5.41) is 18.6. The van der Waals surface area contributed by atoms with Gasteiger partial charge < -0.3 is 21.3 Å². The molecular formula is C18H23N9O2. The first-order valence-electron chi connectivity index (χ1n) is 8.76. The summed E-state index contributed by atoms with van der Waals surface area (Å²) in [6, 6.07) is 0. The molecule has 0 atom stereocenters. The first kappa shape index (κ1) is 21.4. The molecule has 0 saturated carbocycles.